The number of aromatic amines is 1. The molecule has 0 radical (unpaired) electrons. The van der Waals surface area contributed by atoms with Crippen LogP contribution in [0.1, 0.15) is 0 Å². The molecule has 0 saturated carbocycles. The molecule has 0 spiro atoms. The van der Waals surface area contributed by atoms with Gasteiger partial charge in [0.25, 0.3) is 0 Å². The van der Waals surface area contributed by atoms with Gasteiger partial charge in [0, 0.05) is 41.6 Å². The third-order valence-electron chi connectivity index (χ3n) is 3.68. The van der Waals surface area contributed by atoms with Gasteiger partial charge in [-0.25, -0.2) is 4.98 Å². The standard InChI is InChI=1S/C16H14N4O/c21-8-7-20-10-12(11-3-1-2-4-15(11)20)13-9-14-16(19-13)18-6-5-17-14/h1-6,9-10,21H,7-8H2,(H,18,19). The molecule has 4 aromatic rings. The van der Waals surface area contributed by atoms with Crippen LogP contribution < -0.4 is 0 Å². The minimum absolute atomic E-state index is 0.119. The second kappa shape index (κ2) is 4.71. The van der Waals surface area contributed by atoms with Crippen LogP contribution in [0.15, 0.2) is 48.9 Å². The lowest BCUT2D eigenvalue weighted by Gasteiger charge is -2.00. The average molecular weight is 278 g/mol. The first-order valence-corrected chi connectivity index (χ1v) is 6.85. The smallest absolute Gasteiger partial charge is 0.156 e. The fraction of sp³-hybridized carbons (Fsp3) is 0.125. The van der Waals surface area contributed by atoms with E-state index in [2.05, 4.69) is 37.8 Å². The third-order valence-corrected chi connectivity index (χ3v) is 3.68. The van der Waals surface area contributed by atoms with E-state index in [1.807, 2.05) is 18.2 Å². The van der Waals surface area contributed by atoms with Crippen LogP contribution in [0.5, 0.6) is 0 Å². The maximum Gasteiger partial charge on any atom is 0.156 e. The van der Waals surface area contributed by atoms with Crippen LogP contribution in [0, 0.1) is 0 Å². The predicted molar refractivity (Wildman–Crippen MR) is 81.9 cm³/mol. The monoisotopic (exact) mass is 278 g/mol. The Kier molecular flexibility index (Phi) is 2.72. The predicted octanol–water partition coefficient (Wildman–Crippen LogP) is 2.57. The number of nitrogens with one attached hydrogen (secondary N) is 1. The fourth-order valence-corrected chi connectivity index (χ4v) is 2.75. The van der Waals surface area contributed by atoms with Crippen LogP contribution in [-0.4, -0.2) is 31.2 Å². The zero-order chi connectivity index (χ0) is 14.2. The fourth-order valence-electron chi connectivity index (χ4n) is 2.75. The van der Waals surface area contributed by atoms with Crippen LogP contribution in [0.4, 0.5) is 0 Å². The number of aliphatic hydroxyl groups is 1. The summed E-state index contributed by atoms with van der Waals surface area (Å²) in [6.45, 7) is 0.700. The summed E-state index contributed by atoms with van der Waals surface area (Å²) in [5.74, 6) is 0. The topological polar surface area (TPSA) is 66.7 Å². The van der Waals surface area contributed by atoms with Crippen molar-refractivity contribution >= 4 is 22.1 Å². The van der Waals surface area contributed by atoms with E-state index in [9.17, 15) is 5.11 Å². The summed E-state index contributed by atoms with van der Waals surface area (Å²) >= 11 is 0. The summed E-state index contributed by atoms with van der Waals surface area (Å²) in [5, 5.41) is 10.4. The Morgan fingerprint density at radius 3 is 2.86 bits per heavy atom. The number of fused-ring (bicyclic) bond motifs is 2. The van der Waals surface area contributed by atoms with Crippen molar-refractivity contribution in [1.82, 2.24) is 19.5 Å². The van der Waals surface area contributed by atoms with Gasteiger partial charge < -0.3 is 14.7 Å². The highest BCUT2D eigenvalue weighted by Crippen LogP contribution is 2.31. The zero-order valence-corrected chi connectivity index (χ0v) is 11.3. The molecule has 0 fully saturated rings. The second-order valence-electron chi connectivity index (χ2n) is 4.95. The van der Waals surface area contributed by atoms with E-state index in [1.165, 1.54) is 0 Å². The maximum absolute atomic E-state index is 9.22. The number of rotatable bonds is 3. The zero-order valence-electron chi connectivity index (χ0n) is 11.3. The Bertz CT molecular complexity index is 889. The summed E-state index contributed by atoms with van der Waals surface area (Å²) in [5.41, 5.74) is 4.84. The molecular formula is C16H14N4O. The number of benzene rings is 1. The Morgan fingerprint density at radius 2 is 2.00 bits per heavy atom. The van der Waals surface area contributed by atoms with E-state index < -0.39 is 0 Å². The Balaban J connectivity index is 1.97. The highest BCUT2D eigenvalue weighted by Gasteiger charge is 2.12. The van der Waals surface area contributed by atoms with Gasteiger partial charge in [0.05, 0.1) is 12.3 Å². The molecule has 0 aliphatic rings. The molecular weight excluding hydrogens is 264 g/mol. The maximum atomic E-state index is 9.22. The quantitative estimate of drug-likeness (QED) is 0.605. The lowest BCUT2D eigenvalue weighted by Crippen LogP contribution is -1.99. The molecule has 0 amide bonds. The van der Waals surface area contributed by atoms with Crippen LogP contribution >= 0.6 is 0 Å². The van der Waals surface area contributed by atoms with E-state index in [0.29, 0.717) is 6.54 Å². The first-order chi connectivity index (χ1) is 10.4. The van der Waals surface area contributed by atoms with Crippen molar-refractivity contribution in [2.45, 2.75) is 6.54 Å². The molecule has 0 aliphatic carbocycles. The molecule has 3 aromatic heterocycles. The van der Waals surface area contributed by atoms with Crippen molar-refractivity contribution in [3.63, 3.8) is 0 Å². The van der Waals surface area contributed by atoms with E-state index in [4.69, 9.17) is 0 Å². The van der Waals surface area contributed by atoms with E-state index in [-0.39, 0.29) is 6.61 Å². The van der Waals surface area contributed by atoms with Crippen LogP contribution in [0.2, 0.25) is 0 Å². The number of nitrogens with zero attached hydrogens (tertiary/aromatic N) is 3. The molecule has 0 bridgehead atoms. The Labute approximate surface area is 120 Å². The molecule has 0 atom stereocenters. The number of para-hydroxylation sites is 1. The summed E-state index contributed by atoms with van der Waals surface area (Å²) < 4.78 is 2.07. The molecule has 0 aliphatic heterocycles. The van der Waals surface area contributed by atoms with Crippen molar-refractivity contribution < 1.29 is 5.11 Å². The van der Waals surface area contributed by atoms with Gasteiger partial charge in [-0.15, -0.1) is 0 Å². The third kappa shape index (κ3) is 1.90. The minimum Gasteiger partial charge on any atom is -0.395 e. The Hall–Kier alpha value is -2.66. The van der Waals surface area contributed by atoms with Gasteiger partial charge in [0.15, 0.2) is 5.65 Å². The lowest BCUT2D eigenvalue weighted by molar-refractivity contribution is 0.278. The van der Waals surface area contributed by atoms with Crippen molar-refractivity contribution in [2.24, 2.45) is 0 Å². The van der Waals surface area contributed by atoms with Gasteiger partial charge >= 0.3 is 0 Å². The summed E-state index contributed by atoms with van der Waals surface area (Å²) in [4.78, 5) is 11.9. The first-order valence-electron chi connectivity index (χ1n) is 6.85. The van der Waals surface area contributed by atoms with Crippen molar-refractivity contribution in [3.8, 4) is 11.3 Å². The highest BCUT2D eigenvalue weighted by molar-refractivity contribution is 5.97. The first kappa shape index (κ1) is 12.1. The molecule has 2 N–H and O–H groups in total. The largest absolute Gasteiger partial charge is 0.395 e. The molecule has 0 saturated heterocycles. The van der Waals surface area contributed by atoms with Crippen molar-refractivity contribution in [3.05, 3.63) is 48.9 Å². The SMILES string of the molecule is OCCn1cc(-c2cc3nccnc3[nH]2)c2ccccc21. The average Bonchev–Trinajstić information content (AvgIpc) is 3.09. The Morgan fingerprint density at radius 1 is 1.14 bits per heavy atom. The molecule has 5 nitrogen and oxygen atoms in total. The van der Waals surface area contributed by atoms with E-state index in [0.717, 1.165) is 33.3 Å². The van der Waals surface area contributed by atoms with Gasteiger partial charge in [-0.2, -0.15) is 0 Å². The van der Waals surface area contributed by atoms with Gasteiger partial charge in [-0.3, -0.25) is 4.98 Å². The van der Waals surface area contributed by atoms with Crippen LogP contribution in [-0.2, 0) is 6.54 Å². The summed E-state index contributed by atoms with van der Waals surface area (Å²) in [6, 6.07) is 10.2. The number of hydrogen-bond donors (Lipinski definition) is 2. The molecule has 104 valence electrons. The molecule has 1 aromatic carbocycles. The number of H-pyrrole nitrogens is 1. The van der Waals surface area contributed by atoms with Crippen molar-refractivity contribution in [1.29, 1.82) is 0 Å². The van der Waals surface area contributed by atoms with E-state index in [1.54, 1.807) is 12.4 Å². The lowest BCUT2D eigenvalue weighted by atomic mass is 10.1. The summed E-state index contributed by atoms with van der Waals surface area (Å²) in [7, 11) is 0. The molecule has 0 unspecified atom stereocenters. The number of hydrogen-bond acceptors (Lipinski definition) is 3. The van der Waals surface area contributed by atoms with Gasteiger partial charge in [0.1, 0.15) is 5.52 Å². The van der Waals surface area contributed by atoms with Crippen LogP contribution in [0.25, 0.3) is 33.3 Å². The van der Waals surface area contributed by atoms with Crippen molar-refractivity contribution in [2.75, 3.05) is 6.61 Å². The van der Waals surface area contributed by atoms with Gasteiger partial charge in [-0.1, -0.05) is 18.2 Å². The normalized spacial score (nSPS) is 11.5. The highest BCUT2D eigenvalue weighted by atomic mass is 16.3. The minimum atomic E-state index is 0.119. The number of aromatic nitrogens is 4. The summed E-state index contributed by atoms with van der Waals surface area (Å²) in [6.07, 6.45) is 5.43. The molecule has 5 heteroatoms. The molecule has 4 rings (SSSR count). The number of aliphatic hydroxyl groups excluding tert-OH is 1. The molecule has 21 heavy (non-hydrogen) atoms. The molecule has 3 heterocycles. The van der Waals surface area contributed by atoms with Gasteiger partial charge in [0.2, 0.25) is 0 Å². The van der Waals surface area contributed by atoms with E-state index >= 15 is 0 Å². The van der Waals surface area contributed by atoms with Crippen LogP contribution in [0.3, 0.4) is 0 Å². The second-order valence-corrected chi connectivity index (χ2v) is 4.95. The van der Waals surface area contributed by atoms with Gasteiger partial charge in [-0.05, 0) is 12.1 Å².